The van der Waals surface area contributed by atoms with Crippen molar-refractivity contribution in [1.82, 2.24) is 4.90 Å². The highest BCUT2D eigenvalue weighted by Crippen LogP contribution is 2.49. The van der Waals surface area contributed by atoms with Crippen molar-refractivity contribution in [2.45, 2.75) is 37.8 Å². The van der Waals surface area contributed by atoms with Crippen LogP contribution in [0.3, 0.4) is 0 Å². The van der Waals surface area contributed by atoms with E-state index in [1.165, 1.54) is 34.9 Å². The lowest BCUT2D eigenvalue weighted by atomic mass is 9.69. The van der Waals surface area contributed by atoms with E-state index in [9.17, 15) is 18.0 Å². The molecule has 4 rings (SSSR count). The number of carbonyl (C=O) groups excluding carboxylic acids is 1. The summed E-state index contributed by atoms with van der Waals surface area (Å²) in [5.74, 6) is -0.595. The summed E-state index contributed by atoms with van der Waals surface area (Å²) in [4.78, 5) is 14.3. The molecule has 0 unspecified atom stereocenters. The molecule has 0 bridgehead atoms. The number of allylic oxidation sites excluding steroid dienone is 1. The lowest BCUT2D eigenvalue weighted by Gasteiger charge is -2.42. The van der Waals surface area contributed by atoms with Gasteiger partial charge in [0.1, 0.15) is 5.75 Å². The summed E-state index contributed by atoms with van der Waals surface area (Å²) in [5.41, 5.74) is 3.07. The first-order valence-electron chi connectivity index (χ1n) is 10.2. The van der Waals surface area contributed by atoms with Crippen LogP contribution in [0.1, 0.15) is 42.9 Å². The average molecular weight is 415 g/mol. The third-order valence-corrected chi connectivity index (χ3v) is 6.31. The van der Waals surface area contributed by atoms with Gasteiger partial charge in [0.2, 0.25) is 0 Å². The number of alkyl halides is 3. The number of rotatable bonds is 4. The molecule has 0 saturated carbocycles. The molecule has 0 radical (unpaired) electrons. The Morgan fingerprint density at radius 1 is 1.07 bits per heavy atom. The van der Waals surface area contributed by atoms with Gasteiger partial charge in [0.25, 0.3) is 5.91 Å². The molecule has 2 aliphatic rings. The summed E-state index contributed by atoms with van der Waals surface area (Å²) in [6.45, 7) is 2.89. The zero-order valence-electron chi connectivity index (χ0n) is 16.8. The number of nitrogens with zero attached hydrogens (tertiary/aromatic N) is 1. The van der Waals surface area contributed by atoms with Gasteiger partial charge in [0.05, 0.1) is 5.56 Å². The number of hydrogen-bond acceptors (Lipinski definition) is 2. The molecule has 2 aromatic rings. The number of likely N-dealkylation sites (tertiary alicyclic amines) is 1. The molecule has 0 aromatic heterocycles. The van der Waals surface area contributed by atoms with Crippen LogP contribution in [-0.4, -0.2) is 30.5 Å². The van der Waals surface area contributed by atoms with Gasteiger partial charge in [-0.2, -0.15) is 13.2 Å². The molecule has 1 amide bonds. The number of piperidine rings is 1. The number of ether oxygens (including phenoxy) is 1. The van der Waals surface area contributed by atoms with Crippen molar-refractivity contribution in [2.24, 2.45) is 0 Å². The quantitative estimate of drug-likeness (QED) is 0.664. The highest BCUT2D eigenvalue weighted by atomic mass is 19.4. The van der Waals surface area contributed by atoms with Crippen LogP contribution in [0.2, 0.25) is 0 Å². The van der Waals surface area contributed by atoms with Crippen LogP contribution in [-0.2, 0) is 16.4 Å². The minimum atomic E-state index is -4.52. The van der Waals surface area contributed by atoms with Gasteiger partial charge in [0.15, 0.2) is 6.61 Å². The fraction of sp³-hybridized carbons (Fsp3) is 0.375. The van der Waals surface area contributed by atoms with Crippen LogP contribution in [0.5, 0.6) is 5.75 Å². The molecule has 158 valence electrons. The van der Waals surface area contributed by atoms with Crippen molar-refractivity contribution < 1.29 is 22.7 Å². The van der Waals surface area contributed by atoms with E-state index in [-0.39, 0.29) is 17.1 Å². The molecule has 2 aromatic carbocycles. The molecule has 30 heavy (non-hydrogen) atoms. The van der Waals surface area contributed by atoms with Crippen molar-refractivity contribution in [3.05, 3.63) is 70.8 Å². The zero-order valence-corrected chi connectivity index (χ0v) is 16.8. The van der Waals surface area contributed by atoms with Crippen molar-refractivity contribution >= 4 is 12.0 Å². The topological polar surface area (TPSA) is 29.5 Å². The molecule has 0 atom stereocenters. The summed E-state index contributed by atoms with van der Waals surface area (Å²) in [6, 6.07) is 13.4. The Balaban J connectivity index is 1.42. The van der Waals surface area contributed by atoms with Gasteiger partial charge < -0.3 is 9.64 Å². The fourth-order valence-corrected chi connectivity index (χ4v) is 4.78. The first-order chi connectivity index (χ1) is 14.3. The summed E-state index contributed by atoms with van der Waals surface area (Å²) in [5, 5.41) is 0. The Bertz CT molecular complexity index is 972. The van der Waals surface area contributed by atoms with E-state index in [0.29, 0.717) is 13.1 Å². The Morgan fingerprint density at radius 2 is 1.73 bits per heavy atom. The molecule has 1 fully saturated rings. The molecule has 1 heterocycles. The van der Waals surface area contributed by atoms with Crippen molar-refractivity contribution in [3.8, 4) is 5.75 Å². The van der Waals surface area contributed by atoms with E-state index >= 15 is 0 Å². The third-order valence-electron chi connectivity index (χ3n) is 6.31. The van der Waals surface area contributed by atoms with Gasteiger partial charge in [-0.25, -0.2) is 0 Å². The number of para-hydroxylation sites is 1. The van der Waals surface area contributed by atoms with Gasteiger partial charge in [-0.1, -0.05) is 55.0 Å². The van der Waals surface area contributed by atoms with Gasteiger partial charge in [0, 0.05) is 18.5 Å². The number of amides is 1. The maximum absolute atomic E-state index is 13.1. The molecule has 1 spiro atoms. The lowest BCUT2D eigenvalue weighted by Crippen LogP contribution is -2.46. The Kier molecular flexibility index (Phi) is 5.35. The zero-order chi connectivity index (χ0) is 21.4. The van der Waals surface area contributed by atoms with Crippen LogP contribution in [0.25, 0.3) is 6.08 Å². The van der Waals surface area contributed by atoms with Gasteiger partial charge in [-0.3, -0.25) is 4.79 Å². The summed E-state index contributed by atoms with van der Waals surface area (Å²) in [7, 11) is 0. The van der Waals surface area contributed by atoms with Crippen LogP contribution in [0.4, 0.5) is 13.2 Å². The van der Waals surface area contributed by atoms with Crippen molar-refractivity contribution in [3.63, 3.8) is 0 Å². The first-order valence-corrected chi connectivity index (χ1v) is 10.2. The Morgan fingerprint density at radius 3 is 2.43 bits per heavy atom. The van der Waals surface area contributed by atoms with Crippen molar-refractivity contribution in [2.75, 3.05) is 19.7 Å². The molecule has 6 heteroatoms. The fourth-order valence-electron chi connectivity index (χ4n) is 4.78. The van der Waals surface area contributed by atoms with E-state index in [1.54, 1.807) is 4.90 Å². The van der Waals surface area contributed by atoms with Crippen molar-refractivity contribution in [1.29, 1.82) is 0 Å². The predicted molar refractivity (Wildman–Crippen MR) is 109 cm³/mol. The van der Waals surface area contributed by atoms with E-state index in [0.717, 1.165) is 25.3 Å². The Hall–Kier alpha value is -2.76. The average Bonchev–Trinajstić information content (AvgIpc) is 3.05. The normalized spacial score (nSPS) is 17.6. The second-order valence-electron chi connectivity index (χ2n) is 7.86. The molecule has 3 nitrogen and oxygen atoms in total. The van der Waals surface area contributed by atoms with E-state index < -0.39 is 18.3 Å². The SMILES string of the molecule is CCC1=Cc2ccccc2C12CCN(C(=O)COc1ccccc1C(F)(F)F)CC2. The van der Waals surface area contributed by atoms with Gasteiger partial charge in [-0.15, -0.1) is 0 Å². The predicted octanol–water partition coefficient (Wildman–Crippen LogP) is 5.45. The van der Waals surface area contributed by atoms with Gasteiger partial charge in [-0.05, 0) is 42.5 Å². The first kappa shape index (κ1) is 20.5. The molecular weight excluding hydrogens is 391 g/mol. The maximum atomic E-state index is 13.1. The molecule has 1 aliphatic carbocycles. The van der Waals surface area contributed by atoms with E-state index in [4.69, 9.17) is 4.74 Å². The number of halogens is 3. The molecular formula is C24H24F3NO2. The smallest absolute Gasteiger partial charge is 0.419 e. The number of carbonyl (C=O) groups is 1. The van der Waals surface area contributed by atoms with Crippen LogP contribution < -0.4 is 4.74 Å². The van der Waals surface area contributed by atoms with Crippen LogP contribution >= 0.6 is 0 Å². The molecule has 1 saturated heterocycles. The lowest BCUT2D eigenvalue weighted by molar-refractivity contribution is -0.141. The van der Waals surface area contributed by atoms with E-state index in [2.05, 4.69) is 31.2 Å². The minimum absolute atomic E-state index is 0.0358. The monoisotopic (exact) mass is 415 g/mol. The Labute approximate surface area is 174 Å². The van der Waals surface area contributed by atoms with Gasteiger partial charge >= 0.3 is 6.18 Å². The second-order valence-corrected chi connectivity index (χ2v) is 7.86. The number of hydrogen-bond donors (Lipinski definition) is 0. The second kappa shape index (κ2) is 7.82. The molecule has 0 N–H and O–H groups in total. The van der Waals surface area contributed by atoms with Crippen LogP contribution in [0, 0.1) is 0 Å². The molecule has 1 aliphatic heterocycles. The summed E-state index contributed by atoms with van der Waals surface area (Å²) in [6.07, 6.45) is 0.336. The standard InChI is InChI=1S/C24H24F3NO2/c1-2-18-15-17-7-3-4-8-19(17)23(18)11-13-28(14-12-23)22(29)16-30-21-10-6-5-9-20(21)24(25,26)27/h3-10,15H,2,11-14,16H2,1H3. The van der Waals surface area contributed by atoms with E-state index in [1.807, 2.05) is 6.07 Å². The van der Waals surface area contributed by atoms with Crippen LogP contribution in [0.15, 0.2) is 54.1 Å². The largest absolute Gasteiger partial charge is 0.483 e. The maximum Gasteiger partial charge on any atom is 0.419 e. The number of fused-ring (bicyclic) bond motifs is 2. The summed E-state index contributed by atoms with van der Waals surface area (Å²) >= 11 is 0. The highest BCUT2D eigenvalue weighted by Gasteiger charge is 2.43. The number of benzene rings is 2. The minimum Gasteiger partial charge on any atom is -0.483 e. The third kappa shape index (κ3) is 3.59. The summed E-state index contributed by atoms with van der Waals surface area (Å²) < 4.78 is 44.6. The highest BCUT2D eigenvalue weighted by molar-refractivity contribution is 5.78.